The maximum absolute atomic E-state index is 12.6. The zero-order chi connectivity index (χ0) is 17.9. The third-order valence-corrected chi connectivity index (χ3v) is 3.81. The number of carbonyl (C=O) groups is 1. The van der Waals surface area contributed by atoms with Gasteiger partial charge in [-0.25, -0.2) is 0 Å². The van der Waals surface area contributed by atoms with Crippen LogP contribution in [0.15, 0.2) is 36.5 Å². The predicted octanol–water partition coefficient (Wildman–Crippen LogP) is 4.81. The minimum Gasteiger partial charge on any atom is -0.292 e. The zero-order valence-electron chi connectivity index (χ0n) is 12.6. The number of nitrogens with zero attached hydrogens (tertiary/aromatic N) is 2. The highest BCUT2D eigenvalue weighted by molar-refractivity contribution is 6.31. The number of halogens is 4. The first-order valence-electron chi connectivity index (χ1n) is 7.03. The molecule has 0 aliphatic carbocycles. The molecule has 0 bridgehead atoms. The van der Waals surface area contributed by atoms with E-state index in [1.807, 2.05) is 6.92 Å². The van der Waals surface area contributed by atoms with Crippen LogP contribution in [0.3, 0.4) is 0 Å². The Balaban J connectivity index is 2.37. The lowest BCUT2D eigenvalue weighted by Crippen LogP contribution is -2.15. The summed E-state index contributed by atoms with van der Waals surface area (Å²) in [4.78, 5) is 16.1. The Bertz CT molecular complexity index is 795. The summed E-state index contributed by atoms with van der Waals surface area (Å²) in [5.74, 6) is -1.93. The van der Waals surface area contributed by atoms with E-state index in [1.54, 1.807) is 30.3 Å². The summed E-state index contributed by atoms with van der Waals surface area (Å²) in [7, 11) is 0. The number of carbonyl (C=O) groups excluding carboxylic acids is 1. The van der Waals surface area contributed by atoms with Crippen molar-refractivity contribution in [2.45, 2.75) is 25.4 Å². The van der Waals surface area contributed by atoms with E-state index in [0.29, 0.717) is 12.3 Å². The molecule has 2 rings (SSSR count). The van der Waals surface area contributed by atoms with Crippen molar-refractivity contribution >= 4 is 17.4 Å². The number of hydrogen-bond acceptors (Lipinski definition) is 3. The van der Waals surface area contributed by atoms with Gasteiger partial charge in [-0.15, -0.1) is 0 Å². The predicted molar refractivity (Wildman–Crippen MR) is 82.8 cm³/mol. The molecule has 1 atom stereocenters. The third kappa shape index (κ3) is 3.74. The van der Waals surface area contributed by atoms with Crippen molar-refractivity contribution in [3.8, 4) is 6.07 Å². The number of Topliss-reactive ketones (excluding diaryl/α,β-unsaturated/α-hetero) is 1. The van der Waals surface area contributed by atoms with Crippen LogP contribution < -0.4 is 0 Å². The van der Waals surface area contributed by atoms with Crippen molar-refractivity contribution in [3.63, 3.8) is 0 Å². The molecule has 1 aromatic heterocycles. The molecule has 1 heterocycles. The molecule has 0 fully saturated rings. The lowest BCUT2D eigenvalue weighted by Gasteiger charge is -2.12. The number of nitriles is 1. The van der Waals surface area contributed by atoms with E-state index in [-0.39, 0.29) is 16.3 Å². The normalized spacial score (nSPS) is 12.5. The van der Waals surface area contributed by atoms with Crippen molar-refractivity contribution in [1.29, 1.82) is 5.26 Å². The smallest absolute Gasteiger partial charge is 0.292 e. The van der Waals surface area contributed by atoms with Crippen molar-refractivity contribution in [2.75, 3.05) is 0 Å². The highest BCUT2D eigenvalue weighted by atomic mass is 35.5. The van der Waals surface area contributed by atoms with Crippen molar-refractivity contribution in [2.24, 2.45) is 0 Å². The monoisotopic (exact) mass is 352 g/mol. The molecule has 1 unspecified atom stereocenters. The largest absolute Gasteiger partial charge is 0.417 e. The molecule has 2 aromatic rings. The van der Waals surface area contributed by atoms with E-state index in [9.17, 15) is 23.2 Å². The van der Waals surface area contributed by atoms with Gasteiger partial charge in [0, 0.05) is 11.8 Å². The lowest BCUT2D eigenvalue weighted by molar-refractivity contribution is -0.137. The molecule has 24 heavy (non-hydrogen) atoms. The average Bonchev–Trinajstić information content (AvgIpc) is 2.56. The Morgan fingerprint density at radius 1 is 1.33 bits per heavy atom. The van der Waals surface area contributed by atoms with E-state index in [1.165, 1.54) is 0 Å². The molecule has 0 saturated carbocycles. The van der Waals surface area contributed by atoms with Crippen LogP contribution in [0.4, 0.5) is 13.2 Å². The second-order valence-corrected chi connectivity index (χ2v) is 5.47. The van der Waals surface area contributed by atoms with Gasteiger partial charge in [-0.05, 0) is 18.1 Å². The summed E-state index contributed by atoms with van der Waals surface area (Å²) >= 11 is 5.82. The fourth-order valence-electron chi connectivity index (χ4n) is 2.13. The van der Waals surface area contributed by atoms with Gasteiger partial charge >= 0.3 is 6.18 Å². The van der Waals surface area contributed by atoms with Crippen LogP contribution in [0.2, 0.25) is 5.02 Å². The SMILES string of the molecule is CCc1ccc(C(=O)C(C#N)c2ncc(C(F)(F)F)cc2Cl)cc1. The van der Waals surface area contributed by atoms with Crippen LogP contribution >= 0.6 is 11.6 Å². The van der Waals surface area contributed by atoms with E-state index >= 15 is 0 Å². The molecule has 0 aliphatic heterocycles. The number of hydrogen-bond donors (Lipinski definition) is 0. The quantitative estimate of drug-likeness (QED) is 0.742. The lowest BCUT2D eigenvalue weighted by atomic mass is 9.94. The van der Waals surface area contributed by atoms with Gasteiger partial charge < -0.3 is 0 Å². The molecule has 0 N–H and O–H groups in total. The van der Waals surface area contributed by atoms with E-state index in [4.69, 9.17) is 11.6 Å². The average molecular weight is 353 g/mol. The molecule has 3 nitrogen and oxygen atoms in total. The molecular formula is C17H12ClF3N2O. The Hall–Kier alpha value is -2.39. The Morgan fingerprint density at radius 2 is 1.96 bits per heavy atom. The summed E-state index contributed by atoms with van der Waals surface area (Å²) in [5.41, 5.74) is 0.0756. The molecule has 0 saturated heterocycles. The van der Waals surface area contributed by atoms with Gasteiger partial charge in [0.05, 0.1) is 22.3 Å². The fraction of sp³-hybridized carbons (Fsp3) is 0.235. The Labute approximate surface area is 141 Å². The van der Waals surface area contributed by atoms with Crippen LogP contribution in [-0.2, 0) is 12.6 Å². The number of ketones is 1. The van der Waals surface area contributed by atoms with Gasteiger partial charge in [-0.3, -0.25) is 9.78 Å². The van der Waals surface area contributed by atoms with E-state index in [0.717, 1.165) is 12.0 Å². The van der Waals surface area contributed by atoms with Gasteiger partial charge in [-0.2, -0.15) is 18.4 Å². The minimum absolute atomic E-state index is 0.184. The maximum Gasteiger partial charge on any atom is 0.417 e. The summed E-state index contributed by atoms with van der Waals surface area (Å²) in [6.45, 7) is 1.96. The molecule has 0 amide bonds. The van der Waals surface area contributed by atoms with E-state index in [2.05, 4.69) is 4.98 Å². The van der Waals surface area contributed by atoms with Gasteiger partial charge in [-0.1, -0.05) is 42.8 Å². The third-order valence-electron chi connectivity index (χ3n) is 3.51. The van der Waals surface area contributed by atoms with Crippen LogP contribution in [0.1, 0.15) is 40.0 Å². The number of aryl methyl sites for hydroxylation is 1. The molecule has 124 valence electrons. The van der Waals surface area contributed by atoms with Gasteiger partial charge in [0.1, 0.15) is 0 Å². The Kier molecular flexibility index (Phi) is 5.25. The molecule has 0 aliphatic rings. The zero-order valence-corrected chi connectivity index (χ0v) is 13.3. The molecule has 1 aromatic carbocycles. The summed E-state index contributed by atoms with van der Waals surface area (Å²) in [6, 6.07) is 9.09. The number of alkyl halides is 3. The Morgan fingerprint density at radius 3 is 2.42 bits per heavy atom. The second kappa shape index (κ2) is 7.02. The minimum atomic E-state index is -4.60. The van der Waals surface area contributed by atoms with Crippen molar-refractivity contribution in [1.82, 2.24) is 4.98 Å². The molecule has 7 heteroatoms. The van der Waals surface area contributed by atoms with Crippen LogP contribution in [-0.4, -0.2) is 10.8 Å². The van der Waals surface area contributed by atoms with Gasteiger partial charge in [0.25, 0.3) is 0 Å². The summed E-state index contributed by atoms with van der Waals surface area (Å²) < 4.78 is 37.9. The summed E-state index contributed by atoms with van der Waals surface area (Å²) in [6.07, 6.45) is -3.24. The first-order chi connectivity index (χ1) is 11.3. The number of rotatable bonds is 4. The highest BCUT2D eigenvalue weighted by Gasteiger charge is 2.33. The van der Waals surface area contributed by atoms with E-state index < -0.39 is 23.4 Å². The maximum atomic E-state index is 12.6. The topological polar surface area (TPSA) is 53.8 Å². The van der Waals surface area contributed by atoms with Crippen LogP contribution in [0.25, 0.3) is 0 Å². The standard InChI is InChI=1S/C17H12ClF3N2O/c1-2-10-3-5-11(6-4-10)16(24)13(8-22)15-14(18)7-12(9-23-15)17(19,20)21/h3-7,9,13H,2H2,1H3. The van der Waals surface area contributed by atoms with Crippen molar-refractivity contribution in [3.05, 3.63) is 63.9 Å². The number of aromatic nitrogens is 1. The fourth-order valence-corrected chi connectivity index (χ4v) is 2.41. The summed E-state index contributed by atoms with van der Waals surface area (Å²) in [5, 5.41) is 8.91. The first-order valence-corrected chi connectivity index (χ1v) is 7.41. The first kappa shape index (κ1) is 18.0. The molecule has 0 spiro atoms. The highest BCUT2D eigenvalue weighted by Crippen LogP contribution is 2.33. The van der Waals surface area contributed by atoms with Crippen LogP contribution in [0, 0.1) is 11.3 Å². The molecular weight excluding hydrogens is 341 g/mol. The van der Waals surface area contributed by atoms with Crippen molar-refractivity contribution < 1.29 is 18.0 Å². The van der Waals surface area contributed by atoms with Crippen LogP contribution in [0.5, 0.6) is 0 Å². The number of pyridine rings is 1. The second-order valence-electron chi connectivity index (χ2n) is 5.07. The number of benzene rings is 1. The van der Waals surface area contributed by atoms with Gasteiger partial charge in [0.15, 0.2) is 11.7 Å². The van der Waals surface area contributed by atoms with Gasteiger partial charge in [0.2, 0.25) is 0 Å². The molecule has 0 radical (unpaired) electrons.